The number of carboxylic acids is 1. The van der Waals surface area contributed by atoms with Gasteiger partial charge in [0.1, 0.15) is 12.1 Å². The topological polar surface area (TPSA) is 89.6 Å². The van der Waals surface area contributed by atoms with Crippen LogP contribution in [0.3, 0.4) is 0 Å². The molecule has 3 aromatic rings. The standard InChI is InChI=1S/C13H10N4O3/c1-8-9(13(18)19)3-2-4-10(8)20-12-11-16-15-7-17(11)6-5-14-12/h2-7H,1H3,(H,18,19). The summed E-state index contributed by atoms with van der Waals surface area (Å²) in [5.74, 6) is -0.300. The summed E-state index contributed by atoms with van der Waals surface area (Å²) in [7, 11) is 0. The van der Waals surface area contributed by atoms with E-state index in [1.807, 2.05) is 0 Å². The summed E-state index contributed by atoms with van der Waals surface area (Å²) in [5, 5.41) is 16.8. The molecule has 1 N–H and O–H groups in total. The average Bonchev–Trinajstić information content (AvgIpc) is 2.90. The van der Waals surface area contributed by atoms with Crippen molar-refractivity contribution in [2.45, 2.75) is 6.92 Å². The Morgan fingerprint density at radius 3 is 3.05 bits per heavy atom. The van der Waals surface area contributed by atoms with Gasteiger partial charge in [0.05, 0.1) is 5.56 Å². The second-order valence-electron chi connectivity index (χ2n) is 4.13. The van der Waals surface area contributed by atoms with Crippen LogP contribution in [-0.2, 0) is 0 Å². The maximum atomic E-state index is 11.1. The lowest BCUT2D eigenvalue weighted by Crippen LogP contribution is -2.02. The first-order chi connectivity index (χ1) is 9.66. The van der Waals surface area contributed by atoms with Gasteiger partial charge in [0.2, 0.25) is 5.65 Å². The molecule has 2 heterocycles. The Morgan fingerprint density at radius 2 is 2.25 bits per heavy atom. The van der Waals surface area contributed by atoms with Crippen LogP contribution in [0.1, 0.15) is 15.9 Å². The Bertz CT molecular complexity index is 797. The third-order valence-electron chi connectivity index (χ3n) is 2.90. The van der Waals surface area contributed by atoms with Crippen molar-refractivity contribution >= 4 is 11.6 Å². The fourth-order valence-electron chi connectivity index (χ4n) is 1.87. The summed E-state index contributed by atoms with van der Waals surface area (Å²) in [6.45, 7) is 1.68. The molecule has 0 aliphatic carbocycles. The Hall–Kier alpha value is -2.96. The number of fused-ring (bicyclic) bond motifs is 1. The van der Waals surface area contributed by atoms with Crippen molar-refractivity contribution in [3.63, 3.8) is 0 Å². The minimum absolute atomic E-state index is 0.191. The molecule has 0 amide bonds. The minimum atomic E-state index is -0.999. The fraction of sp³-hybridized carbons (Fsp3) is 0.0769. The van der Waals surface area contributed by atoms with Gasteiger partial charge in [-0.1, -0.05) is 6.07 Å². The van der Waals surface area contributed by atoms with Gasteiger partial charge in [-0.15, -0.1) is 10.2 Å². The number of aromatic carboxylic acids is 1. The highest BCUT2D eigenvalue weighted by Crippen LogP contribution is 2.27. The predicted octanol–water partition coefficient (Wildman–Crippen LogP) is 1.92. The number of hydrogen-bond donors (Lipinski definition) is 1. The molecular weight excluding hydrogens is 260 g/mol. The van der Waals surface area contributed by atoms with Gasteiger partial charge < -0.3 is 9.84 Å². The van der Waals surface area contributed by atoms with Gasteiger partial charge in [-0.25, -0.2) is 9.78 Å². The molecule has 0 bridgehead atoms. The normalized spacial score (nSPS) is 10.7. The molecule has 0 aliphatic heterocycles. The van der Waals surface area contributed by atoms with E-state index in [2.05, 4.69) is 15.2 Å². The lowest BCUT2D eigenvalue weighted by molar-refractivity contribution is 0.0695. The van der Waals surface area contributed by atoms with Crippen LogP contribution in [0.25, 0.3) is 5.65 Å². The Morgan fingerprint density at radius 1 is 1.40 bits per heavy atom. The van der Waals surface area contributed by atoms with E-state index in [1.54, 1.807) is 35.9 Å². The van der Waals surface area contributed by atoms with E-state index in [0.717, 1.165) is 0 Å². The smallest absolute Gasteiger partial charge is 0.336 e. The zero-order valence-electron chi connectivity index (χ0n) is 10.5. The molecule has 0 unspecified atom stereocenters. The van der Waals surface area contributed by atoms with Crippen molar-refractivity contribution in [3.8, 4) is 11.6 Å². The van der Waals surface area contributed by atoms with Crippen LogP contribution < -0.4 is 4.74 Å². The van der Waals surface area contributed by atoms with Crippen molar-refractivity contribution in [2.24, 2.45) is 0 Å². The number of benzene rings is 1. The fourth-order valence-corrected chi connectivity index (χ4v) is 1.87. The number of hydrogen-bond acceptors (Lipinski definition) is 5. The lowest BCUT2D eigenvalue weighted by atomic mass is 10.1. The van der Waals surface area contributed by atoms with E-state index < -0.39 is 5.97 Å². The highest BCUT2D eigenvalue weighted by Gasteiger charge is 2.14. The lowest BCUT2D eigenvalue weighted by Gasteiger charge is -2.09. The van der Waals surface area contributed by atoms with E-state index in [9.17, 15) is 4.79 Å². The van der Waals surface area contributed by atoms with Gasteiger partial charge in [-0.05, 0) is 19.1 Å². The largest absolute Gasteiger partial charge is 0.478 e. The van der Waals surface area contributed by atoms with Crippen LogP contribution in [0.4, 0.5) is 0 Å². The summed E-state index contributed by atoms with van der Waals surface area (Å²) in [6, 6.07) is 4.83. The number of aromatic nitrogens is 4. The predicted molar refractivity (Wildman–Crippen MR) is 69.0 cm³/mol. The van der Waals surface area contributed by atoms with Crippen molar-refractivity contribution < 1.29 is 14.6 Å². The van der Waals surface area contributed by atoms with Gasteiger partial charge in [-0.3, -0.25) is 4.40 Å². The summed E-state index contributed by atoms with van der Waals surface area (Å²) in [5.41, 5.74) is 1.19. The molecule has 20 heavy (non-hydrogen) atoms. The van der Waals surface area contributed by atoms with E-state index in [4.69, 9.17) is 9.84 Å². The summed E-state index contributed by atoms with van der Waals surface area (Å²) < 4.78 is 7.34. The molecule has 7 heteroatoms. The number of nitrogens with zero attached hydrogens (tertiary/aromatic N) is 4. The maximum absolute atomic E-state index is 11.1. The van der Waals surface area contributed by atoms with Crippen LogP contribution in [0, 0.1) is 6.92 Å². The second kappa shape index (κ2) is 4.61. The van der Waals surface area contributed by atoms with Gasteiger partial charge in [0.25, 0.3) is 5.88 Å². The highest BCUT2D eigenvalue weighted by atomic mass is 16.5. The van der Waals surface area contributed by atoms with Crippen LogP contribution in [-0.4, -0.2) is 30.7 Å². The molecule has 0 saturated carbocycles. The third kappa shape index (κ3) is 1.95. The zero-order valence-corrected chi connectivity index (χ0v) is 10.5. The number of rotatable bonds is 3. The molecule has 0 fully saturated rings. The molecule has 0 spiro atoms. The molecule has 0 aliphatic rings. The SMILES string of the molecule is Cc1c(Oc2nccn3cnnc23)cccc1C(=O)O. The maximum Gasteiger partial charge on any atom is 0.336 e. The summed E-state index contributed by atoms with van der Waals surface area (Å²) in [4.78, 5) is 15.2. The monoisotopic (exact) mass is 270 g/mol. The first-order valence-corrected chi connectivity index (χ1v) is 5.82. The van der Waals surface area contributed by atoms with Crippen molar-refractivity contribution in [3.05, 3.63) is 48.0 Å². The van der Waals surface area contributed by atoms with Gasteiger partial charge in [-0.2, -0.15) is 0 Å². The van der Waals surface area contributed by atoms with E-state index >= 15 is 0 Å². The summed E-state index contributed by atoms with van der Waals surface area (Å²) in [6.07, 6.45) is 4.79. The molecule has 0 saturated heterocycles. The summed E-state index contributed by atoms with van der Waals surface area (Å²) >= 11 is 0. The van der Waals surface area contributed by atoms with Crippen LogP contribution in [0.2, 0.25) is 0 Å². The van der Waals surface area contributed by atoms with Crippen molar-refractivity contribution in [1.29, 1.82) is 0 Å². The highest BCUT2D eigenvalue weighted by molar-refractivity contribution is 5.90. The van der Waals surface area contributed by atoms with Gasteiger partial charge >= 0.3 is 5.97 Å². The number of carbonyl (C=O) groups is 1. The molecular formula is C13H10N4O3. The quantitative estimate of drug-likeness (QED) is 0.782. The Labute approximate surface area is 113 Å². The molecule has 0 radical (unpaired) electrons. The zero-order chi connectivity index (χ0) is 14.1. The number of carboxylic acid groups (broad SMARTS) is 1. The number of ether oxygens (including phenoxy) is 1. The van der Waals surface area contributed by atoms with Crippen LogP contribution in [0.5, 0.6) is 11.6 Å². The molecule has 100 valence electrons. The Kier molecular flexibility index (Phi) is 2.79. The van der Waals surface area contributed by atoms with Crippen molar-refractivity contribution in [2.75, 3.05) is 0 Å². The average molecular weight is 270 g/mol. The molecule has 0 atom stereocenters. The minimum Gasteiger partial charge on any atom is -0.478 e. The van der Waals surface area contributed by atoms with Crippen molar-refractivity contribution in [1.82, 2.24) is 19.6 Å². The first-order valence-electron chi connectivity index (χ1n) is 5.82. The molecule has 3 rings (SSSR count). The molecule has 7 nitrogen and oxygen atoms in total. The molecule has 2 aromatic heterocycles. The third-order valence-corrected chi connectivity index (χ3v) is 2.90. The van der Waals surface area contributed by atoms with E-state index in [0.29, 0.717) is 17.0 Å². The first kappa shape index (κ1) is 12.1. The van der Waals surface area contributed by atoms with E-state index in [1.165, 1.54) is 12.4 Å². The Balaban J connectivity index is 2.05. The second-order valence-corrected chi connectivity index (χ2v) is 4.13. The van der Waals surface area contributed by atoms with E-state index in [-0.39, 0.29) is 11.4 Å². The van der Waals surface area contributed by atoms with Gasteiger partial charge in [0.15, 0.2) is 0 Å². The van der Waals surface area contributed by atoms with Crippen LogP contribution >= 0.6 is 0 Å². The van der Waals surface area contributed by atoms with Gasteiger partial charge in [0, 0.05) is 18.0 Å². The van der Waals surface area contributed by atoms with Crippen LogP contribution in [0.15, 0.2) is 36.9 Å². The molecule has 1 aromatic carbocycles.